The minimum absolute atomic E-state index is 0.155. The third kappa shape index (κ3) is 3.51. The fourth-order valence-electron chi connectivity index (χ4n) is 2.25. The van der Waals surface area contributed by atoms with Crippen LogP contribution in [-0.2, 0) is 11.3 Å². The summed E-state index contributed by atoms with van der Waals surface area (Å²) in [5, 5.41) is 5.97. The van der Waals surface area contributed by atoms with Crippen LogP contribution < -0.4 is 5.32 Å². The second-order valence-electron chi connectivity index (χ2n) is 4.65. The zero-order valence-electron chi connectivity index (χ0n) is 10.4. The summed E-state index contributed by atoms with van der Waals surface area (Å²) >= 11 is 1.72. The highest BCUT2D eigenvalue weighted by atomic mass is 32.1. The molecule has 1 N–H and O–H groups in total. The van der Waals surface area contributed by atoms with Crippen molar-refractivity contribution < 1.29 is 4.79 Å². The topological polar surface area (TPSA) is 45.2 Å². The van der Waals surface area contributed by atoms with Crippen molar-refractivity contribution in [2.75, 3.05) is 20.1 Å². The standard InChI is InChI=1S/C12H19N3OS/c1-9-8-17-12(14-9)7-15-4-3-10(6-15)5-11(16)13-2/h8,10H,3-7H2,1-2H3,(H,13,16)/t10-/m1/s1. The van der Waals surface area contributed by atoms with E-state index in [0.717, 1.165) is 31.7 Å². The van der Waals surface area contributed by atoms with Crippen LogP contribution in [0, 0.1) is 12.8 Å². The van der Waals surface area contributed by atoms with Gasteiger partial charge in [-0.25, -0.2) is 4.98 Å². The minimum Gasteiger partial charge on any atom is -0.359 e. The van der Waals surface area contributed by atoms with E-state index >= 15 is 0 Å². The molecule has 4 nitrogen and oxygen atoms in total. The van der Waals surface area contributed by atoms with Crippen LogP contribution in [0.3, 0.4) is 0 Å². The molecule has 17 heavy (non-hydrogen) atoms. The monoisotopic (exact) mass is 253 g/mol. The lowest BCUT2D eigenvalue weighted by Gasteiger charge is -2.13. The number of thiazole rings is 1. The smallest absolute Gasteiger partial charge is 0.220 e. The van der Waals surface area contributed by atoms with Crippen LogP contribution >= 0.6 is 11.3 Å². The maximum absolute atomic E-state index is 11.3. The molecule has 1 atom stereocenters. The van der Waals surface area contributed by atoms with E-state index in [4.69, 9.17) is 0 Å². The third-order valence-corrected chi connectivity index (χ3v) is 4.10. The number of hydrogen-bond donors (Lipinski definition) is 1. The van der Waals surface area contributed by atoms with Gasteiger partial charge in [0.2, 0.25) is 5.91 Å². The molecule has 0 radical (unpaired) electrons. The molecule has 0 bridgehead atoms. The molecule has 1 aliphatic heterocycles. The average molecular weight is 253 g/mol. The lowest BCUT2D eigenvalue weighted by Crippen LogP contribution is -2.24. The molecule has 1 aromatic rings. The van der Waals surface area contributed by atoms with Crippen LogP contribution in [0.2, 0.25) is 0 Å². The summed E-state index contributed by atoms with van der Waals surface area (Å²) in [5.41, 5.74) is 1.10. The molecule has 0 saturated carbocycles. The fourth-order valence-corrected chi connectivity index (χ4v) is 3.07. The maximum atomic E-state index is 11.3. The van der Waals surface area contributed by atoms with Gasteiger partial charge in [-0.15, -0.1) is 11.3 Å². The van der Waals surface area contributed by atoms with Crippen LogP contribution in [0.25, 0.3) is 0 Å². The summed E-state index contributed by atoms with van der Waals surface area (Å²) in [7, 11) is 1.70. The van der Waals surface area contributed by atoms with E-state index in [9.17, 15) is 4.79 Å². The van der Waals surface area contributed by atoms with Crippen LogP contribution in [0.4, 0.5) is 0 Å². The van der Waals surface area contributed by atoms with Crippen molar-refractivity contribution in [1.29, 1.82) is 0 Å². The molecular formula is C12H19N3OS. The first-order chi connectivity index (χ1) is 8.17. The molecule has 1 aromatic heterocycles. The van der Waals surface area contributed by atoms with Gasteiger partial charge in [0, 0.05) is 31.1 Å². The number of nitrogens with zero attached hydrogens (tertiary/aromatic N) is 2. The van der Waals surface area contributed by atoms with E-state index in [0.29, 0.717) is 12.3 Å². The summed E-state index contributed by atoms with van der Waals surface area (Å²) < 4.78 is 0. The lowest BCUT2D eigenvalue weighted by atomic mass is 10.1. The highest BCUT2D eigenvalue weighted by molar-refractivity contribution is 7.09. The van der Waals surface area contributed by atoms with E-state index in [1.54, 1.807) is 18.4 Å². The van der Waals surface area contributed by atoms with Gasteiger partial charge in [0.15, 0.2) is 0 Å². The van der Waals surface area contributed by atoms with Gasteiger partial charge in [0.1, 0.15) is 5.01 Å². The molecule has 2 heterocycles. The Labute approximate surface area is 106 Å². The van der Waals surface area contributed by atoms with Crippen molar-refractivity contribution in [3.05, 3.63) is 16.1 Å². The zero-order valence-corrected chi connectivity index (χ0v) is 11.2. The first-order valence-electron chi connectivity index (χ1n) is 6.01. The van der Waals surface area contributed by atoms with Crippen molar-refractivity contribution >= 4 is 17.2 Å². The quantitative estimate of drug-likeness (QED) is 0.882. The number of nitrogens with one attached hydrogen (secondary N) is 1. The van der Waals surface area contributed by atoms with E-state index in [2.05, 4.69) is 20.6 Å². The number of likely N-dealkylation sites (tertiary alicyclic amines) is 1. The van der Waals surface area contributed by atoms with Crippen LogP contribution in [-0.4, -0.2) is 35.9 Å². The average Bonchev–Trinajstić information content (AvgIpc) is 2.89. The number of amides is 1. The van der Waals surface area contributed by atoms with Gasteiger partial charge in [0.25, 0.3) is 0 Å². The lowest BCUT2D eigenvalue weighted by molar-refractivity contribution is -0.121. The van der Waals surface area contributed by atoms with Crippen molar-refractivity contribution in [3.8, 4) is 0 Å². The fraction of sp³-hybridized carbons (Fsp3) is 0.667. The summed E-state index contributed by atoms with van der Waals surface area (Å²) in [4.78, 5) is 18.2. The second-order valence-corrected chi connectivity index (χ2v) is 5.59. The highest BCUT2D eigenvalue weighted by Crippen LogP contribution is 2.22. The summed E-state index contributed by atoms with van der Waals surface area (Å²) in [6, 6.07) is 0. The summed E-state index contributed by atoms with van der Waals surface area (Å²) in [6.45, 7) is 5.06. The number of aromatic nitrogens is 1. The van der Waals surface area contributed by atoms with Gasteiger partial charge >= 0.3 is 0 Å². The number of rotatable bonds is 4. The Morgan fingerprint density at radius 1 is 1.71 bits per heavy atom. The van der Waals surface area contributed by atoms with Gasteiger partial charge in [-0.3, -0.25) is 9.69 Å². The molecule has 1 saturated heterocycles. The second kappa shape index (κ2) is 5.60. The Morgan fingerprint density at radius 3 is 3.18 bits per heavy atom. The zero-order chi connectivity index (χ0) is 12.3. The van der Waals surface area contributed by atoms with E-state index < -0.39 is 0 Å². The van der Waals surface area contributed by atoms with Gasteiger partial charge < -0.3 is 5.32 Å². The maximum Gasteiger partial charge on any atom is 0.220 e. The van der Waals surface area contributed by atoms with Crippen molar-refractivity contribution in [2.24, 2.45) is 5.92 Å². The van der Waals surface area contributed by atoms with Gasteiger partial charge in [-0.2, -0.15) is 0 Å². The summed E-state index contributed by atoms with van der Waals surface area (Å²) in [6.07, 6.45) is 1.78. The number of carbonyl (C=O) groups excluding carboxylic acids is 1. The number of carbonyl (C=O) groups is 1. The van der Waals surface area contributed by atoms with Crippen LogP contribution in [0.15, 0.2) is 5.38 Å². The Balaban J connectivity index is 1.80. The predicted molar refractivity (Wildman–Crippen MR) is 68.9 cm³/mol. The molecule has 0 spiro atoms. The molecule has 1 aliphatic rings. The largest absolute Gasteiger partial charge is 0.359 e. The molecule has 2 rings (SSSR count). The Bertz CT molecular complexity index is 391. The first-order valence-corrected chi connectivity index (χ1v) is 6.89. The Morgan fingerprint density at radius 2 is 2.53 bits per heavy atom. The highest BCUT2D eigenvalue weighted by Gasteiger charge is 2.24. The number of hydrogen-bond acceptors (Lipinski definition) is 4. The molecule has 0 aliphatic carbocycles. The van der Waals surface area contributed by atoms with E-state index in [1.165, 1.54) is 5.01 Å². The molecule has 0 unspecified atom stereocenters. The Kier molecular flexibility index (Phi) is 4.12. The Hall–Kier alpha value is -0.940. The molecular weight excluding hydrogens is 234 g/mol. The van der Waals surface area contributed by atoms with Gasteiger partial charge in [-0.1, -0.05) is 0 Å². The normalized spacial score (nSPS) is 20.7. The molecule has 1 fully saturated rings. The third-order valence-electron chi connectivity index (χ3n) is 3.15. The van der Waals surface area contributed by atoms with E-state index in [1.807, 2.05) is 6.92 Å². The van der Waals surface area contributed by atoms with Crippen molar-refractivity contribution in [3.63, 3.8) is 0 Å². The van der Waals surface area contributed by atoms with Gasteiger partial charge in [-0.05, 0) is 25.8 Å². The number of aryl methyl sites for hydroxylation is 1. The van der Waals surface area contributed by atoms with Gasteiger partial charge in [0.05, 0.1) is 6.54 Å². The first kappa shape index (κ1) is 12.5. The van der Waals surface area contributed by atoms with E-state index in [-0.39, 0.29) is 5.91 Å². The minimum atomic E-state index is 0.155. The van der Waals surface area contributed by atoms with Crippen LogP contribution in [0.5, 0.6) is 0 Å². The molecule has 1 amide bonds. The van der Waals surface area contributed by atoms with Crippen molar-refractivity contribution in [2.45, 2.75) is 26.3 Å². The van der Waals surface area contributed by atoms with Crippen molar-refractivity contribution in [1.82, 2.24) is 15.2 Å². The summed E-state index contributed by atoms with van der Waals surface area (Å²) in [5.74, 6) is 0.665. The SMILES string of the molecule is CNC(=O)C[C@H]1CCN(Cc2nc(C)cs2)C1. The molecule has 5 heteroatoms. The van der Waals surface area contributed by atoms with Crippen LogP contribution in [0.1, 0.15) is 23.5 Å². The molecule has 94 valence electrons. The molecule has 0 aromatic carbocycles. The predicted octanol–water partition coefficient (Wildman–Crippen LogP) is 1.41.